The summed E-state index contributed by atoms with van der Waals surface area (Å²) in [7, 11) is 0. The van der Waals surface area contributed by atoms with Gasteiger partial charge in [0.05, 0.1) is 5.69 Å². The Morgan fingerprint density at radius 3 is 2.64 bits per heavy atom. The molecule has 0 saturated carbocycles. The van der Waals surface area contributed by atoms with Crippen molar-refractivity contribution in [2.45, 2.75) is 32.6 Å². The second-order valence-corrected chi connectivity index (χ2v) is 3.17. The smallest absolute Gasteiger partial charge is 0.356 e. The van der Waals surface area contributed by atoms with Gasteiger partial charge in [0.1, 0.15) is 0 Å². The average Bonchev–Trinajstić information content (AvgIpc) is 2.19. The fourth-order valence-electron chi connectivity index (χ4n) is 1.16. The van der Waals surface area contributed by atoms with Crippen LogP contribution in [0.15, 0.2) is 12.1 Å². The van der Waals surface area contributed by atoms with Crippen LogP contribution < -0.4 is 0 Å². The normalized spacial score (nSPS) is 10.1. The first-order valence-corrected chi connectivity index (χ1v) is 4.80. The number of unbranched alkanes of at least 4 members (excludes halogenated alkanes) is 2. The highest BCUT2D eigenvalue weighted by Gasteiger charge is 2.04. The Hall–Kier alpha value is -1.45. The molecule has 76 valence electrons. The molecule has 0 unspecified atom stereocenters. The van der Waals surface area contributed by atoms with Gasteiger partial charge in [0, 0.05) is 0 Å². The standard InChI is InChI=1S/C10H14N2O2/c1-2-3-4-5-8-6-7-9(10(13)14)12-11-8/h6-7H,2-5H2,1H3,(H,13,14). The summed E-state index contributed by atoms with van der Waals surface area (Å²) in [4.78, 5) is 10.5. The Bertz CT molecular complexity index is 295. The minimum Gasteiger partial charge on any atom is -0.476 e. The molecule has 0 amide bonds. The third-order valence-electron chi connectivity index (χ3n) is 1.98. The average molecular weight is 194 g/mol. The van der Waals surface area contributed by atoms with E-state index < -0.39 is 5.97 Å². The maximum Gasteiger partial charge on any atom is 0.356 e. The van der Waals surface area contributed by atoms with Crippen molar-refractivity contribution in [2.24, 2.45) is 0 Å². The van der Waals surface area contributed by atoms with Crippen LogP contribution in [0.4, 0.5) is 0 Å². The summed E-state index contributed by atoms with van der Waals surface area (Å²) in [5, 5.41) is 16.0. The van der Waals surface area contributed by atoms with E-state index >= 15 is 0 Å². The summed E-state index contributed by atoms with van der Waals surface area (Å²) in [5.41, 5.74) is 0.868. The molecule has 4 nitrogen and oxygen atoms in total. The lowest BCUT2D eigenvalue weighted by Gasteiger charge is -1.98. The summed E-state index contributed by atoms with van der Waals surface area (Å²) in [6.45, 7) is 2.14. The summed E-state index contributed by atoms with van der Waals surface area (Å²) in [6.07, 6.45) is 4.29. The third kappa shape index (κ3) is 3.12. The molecular weight excluding hydrogens is 180 g/mol. The minimum absolute atomic E-state index is 0.00393. The van der Waals surface area contributed by atoms with E-state index in [0.29, 0.717) is 0 Å². The maximum atomic E-state index is 10.5. The predicted octanol–water partition coefficient (Wildman–Crippen LogP) is 1.91. The van der Waals surface area contributed by atoms with Crippen LogP contribution in [-0.4, -0.2) is 21.3 Å². The van der Waals surface area contributed by atoms with E-state index in [0.717, 1.165) is 18.5 Å². The van der Waals surface area contributed by atoms with Gasteiger partial charge in [0.15, 0.2) is 5.69 Å². The highest BCUT2D eigenvalue weighted by molar-refractivity contribution is 5.84. The Balaban J connectivity index is 2.51. The van der Waals surface area contributed by atoms with Crippen LogP contribution in [0.3, 0.4) is 0 Å². The maximum absolute atomic E-state index is 10.5. The quantitative estimate of drug-likeness (QED) is 0.727. The van der Waals surface area contributed by atoms with Crippen LogP contribution in [0.1, 0.15) is 42.4 Å². The van der Waals surface area contributed by atoms with E-state index in [4.69, 9.17) is 5.11 Å². The number of carbonyl (C=O) groups is 1. The lowest BCUT2D eigenvalue weighted by molar-refractivity contribution is 0.0689. The largest absolute Gasteiger partial charge is 0.476 e. The van der Waals surface area contributed by atoms with Crippen LogP contribution in [0.2, 0.25) is 0 Å². The molecule has 0 fully saturated rings. The van der Waals surface area contributed by atoms with Gasteiger partial charge < -0.3 is 5.11 Å². The SMILES string of the molecule is CCCCCc1ccc(C(=O)O)nn1. The topological polar surface area (TPSA) is 63.1 Å². The number of rotatable bonds is 5. The molecule has 14 heavy (non-hydrogen) atoms. The van der Waals surface area contributed by atoms with Gasteiger partial charge in [0.25, 0.3) is 0 Å². The van der Waals surface area contributed by atoms with Gasteiger partial charge in [-0.15, -0.1) is 5.10 Å². The number of aromatic carboxylic acids is 1. The first-order chi connectivity index (χ1) is 6.74. The van der Waals surface area contributed by atoms with Crippen molar-refractivity contribution in [2.75, 3.05) is 0 Å². The van der Waals surface area contributed by atoms with E-state index in [-0.39, 0.29) is 5.69 Å². The molecule has 0 saturated heterocycles. The summed E-state index contributed by atoms with van der Waals surface area (Å²) in [5.74, 6) is -1.03. The predicted molar refractivity (Wildman–Crippen MR) is 52.2 cm³/mol. The van der Waals surface area contributed by atoms with Crippen LogP contribution >= 0.6 is 0 Å². The first kappa shape index (κ1) is 10.6. The first-order valence-electron chi connectivity index (χ1n) is 4.80. The fourth-order valence-corrected chi connectivity index (χ4v) is 1.16. The van der Waals surface area contributed by atoms with Crippen molar-refractivity contribution in [3.05, 3.63) is 23.5 Å². The molecule has 0 bridgehead atoms. The van der Waals surface area contributed by atoms with Crippen LogP contribution in [0, 0.1) is 0 Å². The number of nitrogens with zero attached hydrogens (tertiary/aromatic N) is 2. The fraction of sp³-hybridized carbons (Fsp3) is 0.500. The van der Waals surface area contributed by atoms with Crippen LogP contribution in [0.5, 0.6) is 0 Å². The number of aromatic nitrogens is 2. The van der Waals surface area contributed by atoms with E-state index in [1.54, 1.807) is 6.07 Å². The molecule has 0 radical (unpaired) electrons. The lowest BCUT2D eigenvalue weighted by atomic mass is 10.1. The lowest BCUT2D eigenvalue weighted by Crippen LogP contribution is -2.03. The van der Waals surface area contributed by atoms with Crippen molar-refractivity contribution in [3.8, 4) is 0 Å². The zero-order chi connectivity index (χ0) is 10.4. The van der Waals surface area contributed by atoms with Gasteiger partial charge in [-0.2, -0.15) is 5.10 Å². The van der Waals surface area contributed by atoms with Crippen molar-refractivity contribution >= 4 is 5.97 Å². The van der Waals surface area contributed by atoms with Crippen molar-refractivity contribution in [1.29, 1.82) is 0 Å². The molecule has 0 aliphatic rings. The van der Waals surface area contributed by atoms with Gasteiger partial charge in [-0.05, 0) is 25.0 Å². The van der Waals surface area contributed by atoms with E-state index in [2.05, 4.69) is 17.1 Å². The van der Waals surface area contributed by atoms with E-state index in [1.165, 1.54) is 18.9 Å². The second-order valence-electron chi connectivity index (χ2n) is 3.17. The molecule has 0 aliphatic heterocycles. The highest BCUT2D eigenvalue weighted by Crippen LogP contribution is 2.03. The molecule has 0 aromatic carbocycles. The molecule has 0 aliphatic carbocycles. The molecule has 1 N–H and O–H groups in total. The highest BCUT2D eigenvalue weighted by atomic mass is 16.4. The van der Waals surface area contributed by atoms with Gasteiger partial charge in [-0.3, -0.25) is 0 Å². The van der Waals surface area contributed by atoms with Crippen molar-refractivity contribution in [3.63, 3.8) is 0 Å². The number of carboxylic acid groups (broad SMARTS) is 1. The Kier molecular flexibility index (Phi) is 4.04. The van der Waals surface area contributed by atoms with Crippen molar-refractivity contribution in [1.82, 2.24) is 10.2 Å². The molecule has 1 aromatic heterocycles. The number of hydrogen-bond acceptors (Lipinski definition) is 3. The Morgan fingerprint density at radius 1 is 1.36 bits per heavy atom. The number of aryl methyl sites for hydroxylation is 1. The molecule has 4 heteroatoms. The van der Waals surface area contributed by atoms with Gasteiger partial charge in [0.2, 0.25) is 0 Å². The summed E-state index contributed by atoms with van der Waals surface area (Å²) < 4.78 is 0. The zero-order valence-corrected chi connectivity index (χ0v) is 8.23. The van der Waals surface area contributed by atoms with Gasteiger partial charge in [-0.1, -0.05) is 19.8 Å². The summed E-state index contributed by atoms with van der Waals surface area (Å²) in [6, 6.07) is 3.22. The zero-order valence-electron chi connectivity index (χ0n) is 8.23. The van der Waals surface area contributed by atoms with Gasteiger partial charge >= 0.3 is 5.97 Å². The minimum atomic E-state index is -1.03. The number of carboxylic acids is 1. The molecule has 0 spiro atoms. The molecule has 1 rings (SSSR count). The Morgan fingerprint density at radius 2 is 2.14 bits per heavy atom. The van der Waals surface area contributed by atoms with Crippen LogP contribution in [0.25, 0.3) is 0 Å². The van der Waals surface area contributed by atoms with E-state index in [9.17, 15) is 4.79 Å². The molecule has 1 heterocycles. The van der Waals surface area contributed by atoms with Crippen LogP contribution in [-0.2, 0) is 6.42 Å². The molecule has 1 aromatic rings. The second kappa shape index (κ2) is 5.32. The number of hydrogen-bond donors (Lipinski definition) is 1. The molecular formula is C10H14N2O2. The van der Waals surface area contributed by atoms with E-state index in [1.807, 2.05) is 0 Å². The third-order valence-corrected chi connectivity index (χ3v) is 1.98. The van der Waals surface area contributed by atoms with Crippen molar-refractivity contribution < 1.29 is 9.90 Å². The monoisotopic (exact) mass is 194 g/mol. The van der Waals surface area contributed by atoms with Gasteiger partial charge in [-0.25, -0.2) is 4.79 Å². The Labute approximate surface area is 83.0 Å². The molecule has 0 atom stereocenters. The summed E-state index contributed by atoms with van der Waals surface area (Å²) >= 11 is 0.